The summed E-state index contributed by atoms with van der Waals surface area (Å²) < 4.78 is 5.15. The van der Waals surface area contributed by atoms with E-state index in [4.69, 9.17) is 4.74 Å². The molecule has 0 amide bonds. The van der Waals surface area contributed by atoms with Crippen LogP contribution in [0.1, 0.15) is 26.7 Å². The summed E-state index contributed by atoms with van der Waals surface area (Å²) >= 11 is 0. The monoisotopic (exact) mass is 228 g/mol. The molecule has 0 saturated carbocycles. The van der Waals surface area contributed by atoms with Crippen LogP contribution in [0.3, 0.4) is 0 Å². The summed E-state index contributed by atoms with van der Waals surface area (Å²) in [5, 5.41) is 3.20. The first kappa shape index (κ1) is 13.5. The lowest BCUT2D eigenvalue weighted by atomic mass is 9.98. The van der Waals surface area contributed by atoms with Crippen molar-refractivity contribution in [3.63, 3.8) is 0 Å². The molecule has 0 spiro atoms. The number of rotatable bonds is 5. The second-order valence-electron chi connectivity index (χ2n) is 4.84. The number of hydrogen-bond acceptors (Lipinski definition) is 4. The second-order valence-corrected chi connectivity index (χ2v) is 4.84. The van der Waals surface area contributed by atoms with E-state index in [-0.39, 0.29) is 12.1 Å². The highest BCUT2D eigenvalue weighted by atomic mass is 16.5. The van der Waals surface area contributed by atoms with Crippen molar-refractivity contribution in [3.8, 4) is 0 Å². The van der Waals surface area contributed by atoms with Crippen LogP contribution >= 0.6 is 0 Å². The number of hydrogen-bond donors (Lipinski definition) is 1. The molecule has 1 aliphatic heterocycles. The molecule has 94 valence electrons. The van der Waals surface area contributed by atoms with E-state index >= 15 is 0 Å². The van der Waals surface area contributed by atoms with E-state index in [1.54, 1.807) is 0 Å². The van der Waals surface area contributed by atoms with Crippen molar-refractivity contribution in [3.05, 3.63) is 0 Å². The number of nitrogens with one attached hydrogen (secondary N) is 1. The minimum absolute atomic E-state index is 0.00889. The van der Waals surface area contributed by atoms with Crippen molar-refractivity contribution in [2.24, 2.45) is 5.92 Å². The Hall–Kier alpha value is -0.610. The Kier molecular flexibility index (Phi) is 5.77. The van der Waals surface area contributed by atoms with Crippen LogP contribution in [-0.4, -0.2) is 50.2 Å². The number of carbonyl (C=O) groups excluding carboxylic acids is 1. The SMILES string of the molecule is CNCC1CCCN(CC(=O)OC(C)C)C1. The van der Waals surface area contributed by atoms with Gasteiger partial charge in [0.05, 0.1) is 12.6 Å². The molecule has 0 radical (unpaired) electrons. The quantitative estimate of drug-likeness (QED) is 0.709. The van der Waals surface area contributed by atoms with Gasteiger partial charge in [-0.05, 0) is 52.7 Å². The minimum Gasteiger partial charge on any atom is -0.462 e. The van der Waals surface area contributed by atoms with Gasteiger partial charge in [0.2, 0.25) is 0 Å². The van der Waals surface area contributed by atoms with Gasteiger partial charge in [0.25, 0.3) is 0 Å². The van der Waals surface area contributed by atoms with Crippen LogP contribution in [0.2, 0.25) is 0 Å². The number of ether oxygens (including phenoxy) is 1. The molecule has 1 rings (SSSR count). The van der Waals surface area contributed by atoms with Gasteiger partial charge in [-0.2, -0.15) is 0 Å². The Balaban J connectivity index is 2.28. The van der Waals surface area contributed by atoms with E-state index in [0.717, 1.165) is 19.6 Å². The number of carbonyl (C=O) groups is 1. The molecule has 1 unspecified atom stereocenters. The normalized spacial score (nSPS) is 22.4. The largest absolute Gasteiger partial charge is 0.462 e. The summed E-state index contributed by atoms with van der Waals surface area (Å²) in [5.74, 6) is 0.575. The summed E-state index contributed by atoms with van der Waals surface area (Å²) in [5.41, 5.74) is 0. The van der Waals surface area contributed by atoms with Gasteiger partial charge in [-0.1, -0.05) is 0 Å². The average molecular weight is 228 g/mol. The van der Waals surface area contributed by atoms with Gasteiger partial charge in [0.1, 0.15) is 0 Å². The lowest BCUT2D eigenvalue weighted by Gasteiger charge is -2.31. The van der Waals surface area contributed by atoms with E-state index in [0.29, 0.717) is 12.5 Å². The summed E-state index contributed by atoms with van der Waals surface area (Å²) in [6, 6.07) is 0. The maximum Gasteiger partial charge on any atom is 0.320 e. The highest BCUT2D eigenvalue weighted by molar-refractivity contribution is 5.71. The minimum atomic E-state index is -0.0971. The second kappa shape index (κ2) is 6.86. The van der Waals surface area contributed by atoms with Crippen LogP contribution in [0, 0.1) is 5.92 Å². The lowest BCUT2D eigenvalue weighted by molar-refractivity contribution is -0.149. The maximum absolute atomic E-state index is 11.5. The summed E-state index contributed by atoms with van der Waals surface area (Å²) in [6.45, 7) is 7.28. The average Bonchev–Trinajstić information content (AvgIpc) is 2.17. The molecule has 0 aliphatic carbocycles. The molecule has 1 heterocycles. The van der Waals surface area contributed by atoms with Crippen molar-refractivity contribution < 1.29 is 9.53 Å². The molecule has 1 N–H and O–H groups in total. The van der Waals surface area contributed by atoms with E-state index in [1.165, 1.54) is 12.8 Å². The molecule has 0 aromatic carbocycles. The van der Waals surface area contributed by atoms with Crippen LogP contribution in [0.15, 0.2) is 0 Å². The Morgan fingerprint density at radius 1 is 1.56 bits per heavy atom. The van der Waals surface area contributed by atoms with Crippen molar-refractivity contribution >= 4 is 5.97 Å². The van der Waals surface area contributed by atoms with Crippen molar-refractivity contribution in [2.75, 3.05) is 33.2 Å². The Morgan fingerprint density at radius 3 is 2.94 bits per heavy atom. The summed E-state index contributed by atoms with van der Waals surface area (Å²) in [7, 11) is 1.98. The fraction of sp³-hybridized carbons (Fsp3) is 0.917. The fourth-order valence-electron chi connectivity index (χ4n) is 2.23. The summed E-state index contributed by atoms with van der Waals surface area (Å²) in [6.07, 6.45) is 2.43. The van der Waals surface area contributed by atoms with Gasteiger partial charge >= 0.3 is 5.97 Å². The zero-order valence-corrected chi connectivity index (χ0v) is 10.7. The van der Waals surface area contributed by atoms with Crippen LogP contribution < -0.4 is 5.32 Å². The Bertz CT molecular complexity index is 217. The third-order valence-electron chi connectivity index (χ3n) is 2.82. The smallest absolute Gasteiger partial charge is 0.320 e. The Morgan fingerprint density at radius 2 is 2.31 bits per heavy atom. The summed E-state index contributed by atoms with van der Waals surface area (Å²) in [4.78, 5) is 13.7. The van der Waals surface area contributed by atoms with Crippen molar-refractivity contribution in [1.82, 2.24) is 10.2 Å². The Labute approximate surface area is 98.3 Å². The zero-order valence-electron chi connectivity index (χ0n) is 10.7. The van der Waals surface area contributed by atoms with Gasteiger partial charge in [-0.3, -0.25) is 9.69 Å². The standard InChI is InChI=1S/C12H24N2O2/c1-10(2)16-12(15)9-14-6-4-5-11(8-14)7-13-3/h10-11,13H,4-9H2,1-3H3. The van der Waals surface area contributed by atoms with Gasteiger partial charge in [-0.15, -0.1) is 0 Å². The third kappa shape index (κ3) is 4.94. The van der Waals surface area contributed by atoms with Gasteiger partial charge < -0.3 is 10.1 Å². The molecule has 1 aliphatic rings. The van der Waals surface area contributed by atoms with Crippen LogP contribution in [-0.2, 0) is 9.53 Å². The molecule has 0 bridgehead atoms. The number of likely N-dealkylation sites (tertiary alicyclic amines) is 1. The molecular weight excluding hydrogens is 204 g/mol. The topological polar surface area (TPSA) is 41.6 Å². The zero-order chi connectivity index (χ0) is 12.0. The maximum atomic E-state index is 11.5. The van der Waals surface area contributed by atoms with Crippen molar-refractivity contribution in [2.45, 2.75) is 32.8 Å². The lowest BCUT2D eigenvalue weighted by Crippen LogP contribution is -2.42. The van der Waals surface area contributed by atoms with E-state index in [1.807, 2.05) is 20.9 Å². The van der Waals surface area contributed by atoms with E-state index in [9.17, 15) is 4.79 Å². The molecule has 1 atom stereocenters. The predicted molar refractivity (Wildman–Crippen MR) is 64.3 cm³/mol. The first-order chi connectivity index (χ1) is 7.61. The molecule has 4 heteroatoms. The van der Waals surface area contributed by atoms with Crippen molar-refractivity contribution in [1.29, 1.82) is 0 Å². The first-order valence-electron chi connectivity index (χ1n) is 6.18. The first-order valence-corrected chi connectivity index (χ1v) is 6.18. The van der Waals surface area contributed by atoms with Crippen LogP contribution in [0.4, 0.5) is 0 Å². The molecule has 4 nitrogen and oxygen atoms in total. The number of nitrogens with zero attached hydrogens (tertiary/aromatic N) is 1. The fourth-order valence-corrected chi connectivity index (χ4v) is 2.23. The van der Waals surface area contributed by atoms with Crippen LogP contribution in [0.25, 0.3) is 0 Å². The molecule has 16 heavy (non-hydrogen) atoms. The van der Waals surface area contributed by atoms with E-state index < -0.39 is 0 Å². The highest BCUT2D eigenvalue weighted by Crippen LogP contribution is 2.15. The number of esters is 1. The molecular formula is C12H24N2O2. The third-order valence-corrected chi connectivity index (χ3v) is 2.82. The number of piperidine rings is 1. The van der Waals surface area contributed by atoms with Crippen LogP contribution in [0.5, 0.6) is 0 Å². The van der Waals surface area contributed by atoms with Gasteiger partial charge in [0.15, 0.2) is 0 Å². The molecule has 1 fully saturated rings. The molecule has 1 saturated heterocycles. The predicted octanol–water partition coefficient (Wildman–Crippen LogP) is 0.869. The van der Waals surface area contributed by atoms with Gasteiger partial charge in [-0.25, -0.2) is 0 Å². The van der Waals surface area contributed by atoms with Gasteiger partial charge in [0, 0.05) is 6.54 Å². The molecule has 0 aromatic rings. The van der Waals surface area contributed by atoms with E-state index in [2.05, 4.69) is 10.2 Å². The molecule has 0 aromatic heterocycles. The highest BCUT2D eigenvalue weighted by Gasteiger charge is 2.21.